The average Bonchev–Trinajstić information content (AvgIpc) is 2.77. The minimum absolute atomic E-state index is 0.175. The first-order valence-electron chi connectivity index (χ1n) is 6.09. The number of ether oxygens (including phenoxy) is 1. The summed E-state index contributed by atoms with van der Waals surface area (Å²) >= 11 is 0. The van der Waals surface area contributed by atoms with Gasteiger partial charge in [0.25, 0.3) is 11.8 Å². The summed E-state index contributed by atoms with van der Waals surface area (Å²) in [7, 11) is 1.03. The monoisotopic (exact) mass is 293 g/mol. The summed E-state index contributed by atoms with van der Waals surface area (Å²) in [5.74, 6) is -6.10. The number of imide groups is 1. The van der Waals surface area contributed by atoms with Crippen LogP contribution >= 0.6 is 0 Å². The van der Waals surface area contributed by atoms with E-state index in [1.165, 1.54) is 12.1 Å². The quantitative estimate of drug-likeness (QED) is 0.605. The number of halogens is 1. The number of hydrogen-bond acceptors (Lipinski definition) is 5. The lowest BCUT2D eigenvalue weighted by molar-refractivity contribution is -0.155. The lowest BCUT2D eigenvalue weighted by atomic mass is 10.0. The molecule has 1 aliphatic rings. The molecule has 7 heteroatoms. The molecule has 110 valence electrons. The Labute approximate surface area is 119 Å². The van der Waals surface area contributed by atoms with Gasteiger partial charge in [0.15, 0.2) is 11.7 Å². The largest absolute Gasteiger partial charge is 0.468 e. The van der Waals surface area contributed by atoms with Gasteiger partial charge in [-0.05, 0) is 18.6 Å². The molecule has 0 aromatic heterocycles. The van der Waals surface area contributed by atoms with Gasteiger partial charge in [-0.1, -0.05) is 12.1 Å². The lowest BCUT2D eigenvalue weighted by Gasteiger charge is -2.18. The van der Waals surface area contributed by atoms with E-state index in [2.05, 4.69) is 4.74 Å². The zero-order valence-electron chi connectivity index (χ0n) is 11.4. The van der Waals surface area contributed by atoms with Crippen LogP contribution < -0.4 is 0 Å². The standard InChI is InChI=1S/C14H12FNO5/c1-7(17)10(14(20)21-2)12(18)16-6-8-4-3-5-9(15)11(8)13(16)19/h3-5,10H,6H2,1-2H3. The Morgan fingerprint density at radius 2 is 2.00 bits per heavy atom. The van der Waals surface area contributed by atoms with Gasteiger partial charge in [0.05, 0.1) is 19.2 Å². The van der Waals surface area contributed by atoms with Crippen LogP contribution in [0.5, 0.6) is 0 Å². The molecule has 0 saturated carbocycles. The minimum Gasteiger partial charge on any atom is -0.468 e. The first-order valence-corrected chi connectivity index (χ1v) is 6.09. The van der Waals surface area contributed by atoms with Crippen molar-refractivity contribution in [2.24, 2.45) is 5.92 Å². The van der Waals surface area contributed by atoms with Crippen LogP contribution in [0.3, 0.4) is 0 Å². The molecule has 2 rings (SSSR count). The van der Waals surface area contributed by atoms with Gasteiger partial charge in [-0.3, -0.25) is 24.1 Å². The molecule has 1 aromatic carbocycles. The molecule has 1 heterocycles. The summed E-state index contributed by atoms with van der Waals surface area (Å²) < 4.78 is 18.0. The van der Waals surface area contributed by atoms with Gasteiger partial charge in [-0.25, -0.2) is 4.39 Å². The third kappa shape index (κ3) is 2.42. The van der Waals surface area contributed by atoms with E-state index >= 15 is 0 Å². The maximum atomic E-state index is 13.6. The number of nitrogens with zero attached hydrogens (tertiary/aromatic N) is 1. The summed E-state index contributed by atoms with van der Waals surface area (Å²) in [6, 6.07) is 4.02. The highest BCUT2D eigenvalue weighted by Crippen LogP contribution is 2.26. The van der Waals surface area contributed by atoms with Gasteiger partial charge >= 0.3 is 5.97 Å². The van der Waals surface area contributed by atoms with Crippen molar-refractivity contribution >= 4 is 23.6 Å². The number of methoxy groups -OCH3 is 1. The number of ketones is 1. The second-order valence-corrected chi connectivity index (χ2v) is 4.57. The molecular weight excluding hydrogens is 281 g/mol. The zero-order valence-corrected chi connectivity index (χ0v) is 11.4. The third-order valence-corrected chi connectivity index (χ3v) is 3.24. The number of amides is 2. The summed E-state index contributed by atoms with van der Waals surface area (Å²) in [5.41, 5.74) is 0.124. The van der Waals surface area contributed by atoms with Crippen molar-refractivity contribution in [3.05, 3.63) is 35.1 Å². The van der Waals surface area contributed by atoms with E-state index < -0.39 is 35.3 Å². The molecule has 0 N–H and O–H groups in total. The van der Waals surface area contributed by atoms with Crippen molar-refractivity contribution in [3.63, 3.8) is 0 Å². The molecule has 1 aliphatic heterocycles. The normalized spacial score (nSPS) is 14.6. The van der Waals surface area contributed by atoms with E-state index in [-0.39, 0.29) is 12.1 Å². The van der Waals surface area contributed by atoms with Crippen LogP contribution in [0.15, 0.2) is 18.2 Å². The topological polar surface area (TPSA) is 80.8 Å². The molecule has 0 fully saturated rings. The van der Waals surface area contributed by atoms with Gasteiger partial charge in [0.2, 0.25) is 0 Å². The third-order valence-electron chi connectivity index (χ3n) is 3.24. The van der Waals surface area contributed by atoms with Gasteiger partial charge in [0, 0.05) is 0 Å². The van der Waals surface area contributed by atoms with Crippen molar-refractivity contribution in [1.82, 2.24) is 4.90 Å². The number of hydrogen-bond donors (Lipinski definition) is 0. The Morgan fingerprint density at radius 1 is 1.33 bits per heavy atom. The van der Waals surface area contributed by atoms with Crippen molar-refractivity contribution in [3.8, 4) is 0 Å². The molecule has 0 aliphatic carbocycles. The highest BCUT2D eigenvalue weighted by molar-refractivity contribution is 6.21. The first-order chi connectivity index (χ1) is 9.88. The average molecular weight is 293 g/mol. The fraction of sp³-hybridized carbons (Fsp3) is 0.286. The summed E-state index contributed by atoms with van der Waals surface area (Å²) in [6.45, 7) is 0.874. The number of Topliss-reactive ketones (excluding diaryl/α,β-unsaturated/α-hetero) is 1. The Morgan fingerprint density at radius 3 is 2.52 bits per heavy atom. The number of rotatable bonds is 3. The second-order valence-electron chi connectivity index (χ2n) is 4.57. The van der Waals surface area contributed by atoms with Crippen molar-refractivity contribution < 1.29 is 28.3 Å². The minimum atomic E-state index is -1.71. The predicted molar refractivity (Wildman–Crippen MR) is 67.5 cm³/mol. The van der Waals surface area contributed by atoms with Crippen LogP contribution in [0.25, 0.3) is 0 Å². The Kier molecular flexibility index (Phi) is 3.84. The molecule has 2 amide bonds. The lowest BCUT2D eigenvalue weighted by Crippen LogP contribution is -2.43. The van der Waals surface area contributed by atoms with Gasteiger partial charge < -0.3 is 4.74 Å². The Balaban J connectivity index is 2.35. The van der Waals surface area contributed by atoms with Gasteiger partial charge in [-0.15, -0.1) is 0 Å². The smallest absolute Gasteiger partial charge is 0.325 e. The highest BCUT2D eigenvalue weighted by Gasteiger charge is 2.42. The number of esters is 1. The van der Waals surface area contributed by atoms with E-state index in [1.807, 2.05) is 0 Å². The molecule has 21 heavy (non-hydrogen) atoms. The van der Waals surface area contributed by atoms with E-state index in [4.69, 9.17) is 0 Å². The van der Waals surface area contributed by atoms with E-state index in [0.29, 0.717) is 10.5 Å². The molecule has 0 bridgehead atoms. The maximum Gasteiger partial charge on any atom is 0.325 e. The Hall–Kier alpha value is -2.57. The van der Waals surface area contributed by atoms with Gasteiger partial charge in [-0.2, -0.15) is 0 Å². The molecule has 1 aromatic rings. The molecule has 6 nitrogen and oxygen atoms in total. The summed E-state index contributed by atoms with van der Waals surface area (Å²) in [4.78, 5) is 48.0. The summed E-state index contributed by atoms with van der Waals surface area (Å²) in [6.07, 6.45) is 0. The van der Waals surface area contributed by atoms with E-state index in [0.717, 1.165) is 20.1 Å². The predicted octanol–water partition coefficient (Wildman–Crippen LogP) is 0.686. The van der Waals surface area contributed by atoms with Crippen molar-refractivity contribution in [1.29, 1.82) is 0 Å². The number of fused-ring (bicyclic) bond motifs is 1. The highest BCUT2D eigenvalue weighted by atomic mass is 19.1. The molecule has 0 radical (unpaired) electrons. The fourth-order valence-electron chi connectivity index (χ4n) is 2.21. The van der Waals surface area contributed by atoms with Crippen LogP contribution in [0.1, 0.15) is 22.8 Å². The fourth-order valence-corrected chi connectivity index (χ4v) is 2.21. The molecular formula is C14H12FNO5. The SMILES string of the molecule is COC(=O)C(C(C)=O)C(=O)N1Cc2cccc(F)c2C1=O. The van der Waals surface area contributed by atoms with Crippen LogP contribution in [0.4, 0.5) is 4.39 Å². The number of benzene rings is 1. The molecule has 0 spiro atoms. The molecule has 1 unspecified atom stereocenters. The number of carbonyl (C=O) groups excluding carboxylic acids is 4. The van der Waals surface area contributed by atoms with Gasteiger partial charge in [0.1, 0.15) is 5.82 Å². The first kappa shape index (κ1) is 14.8. The second kappa shape index (κ2) is 5.43. The molecule has 0 saturated heterocycles. The van der Waals surface area contributed by atoms with E-state index in [9.17, 15) is 23.6 Å². The van der Waals surface area contributed by atoms with E-state index in [1.54, 1.807) is 0 Å². The zero-order chi connectivity index (χ0) is 15.7. The maximum absolute atomic E-state index is 13.6. The van der Waals surface area contributed by atoms with Crippen LogP contribution in [-0.2, 0) is 25.7 Å². The Bertz CT molecular complexity index is 655. The van der Waals surface area contributed by atoms with Crippen molar-refractivity contribution in [2.75, 3.05) is 7.11 Å². The van der Waals surface area contributed by atoms with Crippen LogP contribution in [0.2, 0.25) is 0 Å². The van der Waals surface area contributed by atoms with Crippen LogP contribution in [-0.4, -0.2) is 35.6 Å². The van der Waals surface area contributed by atoms with Crippen molar-refractivity contribution in [2.45, 2.75) is 13.5 Å². The number of carbonyl (C=O) groups is 4. The summed E-state index contributed by atoms with van der Waals surface area (Å²) in [5, 5.41) is 0. The molecule has 1 atom stereocenters. The van der Waals surface area contributed by atoms with Crippen LogP contribution in [0, 0.1) is 11.7 Å².